The van der Waals surface area contributed by atoms with Gasteiger partial charge in [-0.25, -0.2) is 0 Å². The van der Waals surface area contributed by atoms with Crippen LogP contribution in [0.3, 0.4) is 0 Å². The predicted molar refractivity (Wildman–Crippen MR) is 286 cm³/mol. The zero-order chi connectivity index (χ0) is 45.1. The number of fused-ring (bicyclic) bond motifs is 14. The molecule has 68 heavy (non-hydrogen) atoms. The first-order valence-electron chi connectivity index (χ1n) is 24.2. The van der Waals surface area contributed by atoms with Crippen molar-refractivity contribution in [2.75, 3.05) is 4.90 Å². The molecule has 0 saturated carbocycles. The number of hydrogen-bond donors (Lipinski definition) is 0. The van der Waals surface area contributed by atoms with Gasteiger partial charge in [-0.05, 0) is 134 Å². The number of rotatable bonds is 6. The predicted octanol–water partition coefficient (Wildman–Crippen LogP) is 17.5. The summed E-state index contributed by atoms with van der Waals surface area (Å²) in [5.41, 5.74) is 19.8. The van der Waals surface area contributed by atoms with E-state index >= 15 is 0 Å². The van der Waals surface area contributed by atoms with Crippen molar-refractivity contribution in [1.29, 1.82) is 0 Å². The fourth-order valence-electron chi connectivity index (χ4n) is 12.8. The number of hydrogen-bond acceptors (Lipinski definition) is 1. The maximum Gasteiger partial charge on any atom is 0.0677 e. The summed E-state index contributed by atoms with van der Waals surface area (Å²) in [4.78, 5) is 2.48. The second kappa shape index (κ2) is 14.6. The molecule has 0 spiro atoms. The number of nitrogens with zero attached hydrogens (tertiary/aromatic N) is 2. The van der Waals surface area contributed by atoms with Gasteiger partial charge in [0.05, 0.1) is 16.4 Å². The van der Waals surface area contributed by atoms with Crippen molar-refractivity contribution in [3.63, 3.8) is 0 Å². The molecule has 10 aromatic carbocycles. The smallest absolute Gasteiger partial charge is 0.0677 e. The van der Waals surface area contributed by atoms with Gasteiger partial charge < -0.3 is 9.47 Å². The Kier molecular flexibility index (Phi) is 8.40. The second-order valence-electron chi connectivity index (χ2n) is 19.5. The Morgan fingerprint density at radius 1 is 0.441 bits per heavy atom. The molecule has 1 heterocycles. The molecule has 1 atom stereocenters. The van der Waals surface area contributed by atoms with E-state index in [0.29, 0.717) is 0 Å². The zero-order valence-corrected chi connectivity index (χ0v) is 38.2. The summed E-state index contributed by atoms with van der Waals surface area (Å²) in [6, 6.07) is 79.8. The van der Waals surface area contributed by atoms with Crippen LogP contribution in [0, 0.1) is 0 Å². The molecule has 0 aliphatic heterocycles. The van der Waals surface area contributed by atoms with E-state index in [0.717, 1.165) is 29.9 Å². The highest BCUT2D eigenvalue weighted by molar-refractivity contribution is 6.32. The van der Waals surface area contributed by atoms with Crippen LogP contribution in [0.25, 0.3) is 71.3 Å². The van der Waals surface area contributed by atoms with E-state index in [1.165, 1.54) is 105 Å². The van der Waals surface area contributed by atoms with Crippen LogP contribution in [0.5, 0.6) is 0 Å². The summed E-state index contributed by atoms with van der Waals surface area (Å²) in [5.74, 6) is 0. The van der Waals surface area contributed by atoms with Crippen molar-refractivity contribution in [1.82, 2.24) is 4.57 Å². The van der Waals surface area contributed by atoms with Gasteiger partial charge in [-0.3, -0.25) is 0 Å². The van der Waals surface area contributed by atoms with Crippen molar-refractivity contribution in [2.45, 2.75) is 37.5 Å². The maximum atomic E-state index is 2.53. The van der Waals surface area contributed by atoms with Crippen molar-refractivity contribution < 1.29 is 0 Å². The highest BCUT2D eigenvalue weighted by atomic mass is 15.1. The highest BCUT2D eigenvalue weighted by Gasteiger charge is 2.47. The van der Waals surface area contributed by atoms with Gasteiger partial charge in [0.15, 0.2) is 0 Å². The molecule has 0 bridgehead atoms. The first-order chi connectivity index (χ1) is 33.5. The minimum atomic E-state index is -0.411. The van der Waals surface area contributed by atoms with Gasteiger partial charge >= 0.3 is 0 Å². The number of anilines is 3. The molecule has 1 unspecified atom stereocenters. The normalized spacial score (nSPS) is 16.5. The monoisotopic (exact) mass is 868 g/mol. The summed E-state index contributed by atoms with van der Waals surface area (Å²) >= 11 is 0. The lowest BCUT2D eigenvalue weighted by Crippen LogP contribution is -2.30. The quantitative estimate of drug-likeness (QED) is 0.151. The van der Waals surface area contributed by atoms with Crippen LogP contribution in [-0.2, 0) is 10.8 Å². The maximum absolute atomic E-state index is 2.53. The SMILES string of the molecule is CC1(C)c2cc(N(c3ccccc3)c3ccc4c(c3)C(C3=CC=CCC3)(c3ccccc3)c3ccccc3-4)ccc2-c2ccc(-n3c4ccccc4c4c5ccccc5c5ccccc5c43)cc21. The Balaban J connectivity index is 0.940. The van der Waals surface area contributed by atoms with Crippen LogP contribution in [0.15, 0.2) is 236 Å². The van der Waals surface area contributed by atoms with E-state index in [4.69, 9.17) is 0 Å². The van der Waals surface area contributed by atoms with E-state index in [1.807, 2.05) is 0 Å². The fourth-order valence-corrected chi connectivity index (χ4v) is 12.8. The number of benzene rings is 10. The third kappa shape index (κ3) is 5.34. The third-order valence-corrected chi connectivity index (χ3v) is 15.7. The van der Waals surface area contributed by atoms with Crippen molar-refractivity contribution in [2.24, 2.45) is 0 Å². The highest BCUT2D eigenvalue weighted by Crippen LogP contribution is 2.59. The van der Waals surface area contributed by atoms with Crippen LogP contribution in [0.1, 0.15) is 54.5 Å². The number of allylic oxidation sites excluding steroid dienone is 4. The van der Waals surface area contributed by atoms with Crippen LogP contribution in [-0.4, -0.2) is 4.57 Å². The Hall–Kier alpha value is -8.20. The lowest BCUT2D eigenvalue weighted by Gasteiger charge is -2.37. The van der Waals surface area contributed by atoms with Crippen LogP contribution in [0.2, 0.25) is 0 Å². The molecule has 0 fully saturated rings. The van der Waals surface area contributed by atoms with E-state index < -0.39 is 5.41 Å². The largest absolute Gasteiger partial charge is 0.310 e. The average molecular weight is 869 g/mol. The van der Waals surface area contributed by atoms with Crippen LogP contribution < -0.4 is 4.90 Å². The van der Waals surface area contributed by atoms with Gasteiger partial charge in [-0.15, -0.1) is 0 Å². The lowest BCUT2D eigenvalue weighted by atomic mass is 9.65. The van der Waals surface area contributed by atoms with E-state index in [9.17, 15) is 0 Å². The van der Waals surface area contributed by atoms with E-state index in [-0.39, 0.29) is 5.41 Å². The molecule has 0 saturated heterocycles. The van der Waals surface area contributed by atoms with Crippen molar-refractivity contribution >= 4 is 60.4 Å². The molecule has 11 aromatic rings. The summed E-state index contributed by atoms with van der Waals surface area (Å²) < 4.78 is 2.53. The average Bonchev–Trinajstić information content (AvgIpc) is 3.98. The van der Waals surface area contributed by atoms with Crippen LogP contribution >= 0.6 is 0 Å². The summed E-state index contributed by atoms with van der Waals surface area (Å²) in [5, 5.41) is 7.74. The Bertz CT molecular complexity index is 3940. The standard InChI is InChI=1S/C66H48N2/c1-65(2)59-40-46(34-37-52(59)53-38-36-48(41-60(53)65)68-62-33-19-17-31-57(62)63-55-29-14-12-26-49(55)50-27-13-15-30-56(50)64(63)68)67(45-24-10-5-11-25-45)47-35-39-54-51-28-16-18-32-58(51)66(61(54)42-47,43-20-6-3-7-21-43)44-22-8-4-9-23-44/h3-8,10-22,24-42H,9,23H2,1-2H3. The fraction of sp³-hybridized carbons (Fsp3) is 0.0909. The number of aromatic nitrogens is 1. The van der Waals surface area contributed by atoms with Gasteiger partial charge in [0.1, 0.15) is 0 Å². The van der Waals surface area contributed by atoms with Gasteiger partial charge in [0, 0.05) is 44.3 Å². The summed E-state index contributed by atoms with van der Waals surface area (Å²) in [7, 11) is 0. The molecule has 0 radical (unpaired) electrons. The Labute approximate surface area is 397 Å². The Morgan fingerprint density at radius 2 is 1.00 bits per heavy atom. The molecular weight excluding hydrogens is 821 g/mol. The minimum Gasteiger partial charge on any atom is -0.310 e. The Morgan fingerprint density at radius 3 is 1.74 bits per heavy atom. The van der Waals surface area contributed by atoms with Gasteiger partial charge in [-0.2, -0.15) is 0 Å². The third-order valence-electron chi connectivity index (χ3n) is 15.7. The molecule has 2 heteroatoms. The van der Waals surface area contributed by atoms with Gasteiger partial charge in [0.2, 0.25) is 0 Å². The van der Waals surface area contributed by atoms with Crippen molar-refractivity contribution in [3.8, 4) is 27.9 Å². The molecule has 0 N–H and O–H groups in total. The second-order valence-corrected chi connectivity index (χ2v) is 19.5. The molecule has 0 amide bonds. The van der Waals surface area contributed by atoms with Gasteiger partial charge in [-0.1, -0.05) is 195 Å². The summed E-state index contributed by atoms with van der Waals surface area (Å²) in [6.45, 7) is 4.83. The van der Waals surface area contributed by atoms with Crippen molar-refractivity contribution in [3.05, 3.63) is 264 Å². The molecule has 3 aliphatic carbocycles. The van der Waals surface area contributed by atoms with E-state index in [2.05, 4.69) is 254 Å². The first-order valence-corrected chi connectivity index (χ1v) is 24.2. The first kappa shape index (κ1) is 39.0. The van der Waals surface area contributed by atoms with Crippen LogP contribution in [0.4, 0.5) is 17.1 Å². The molecule has 1 aromatic heterocycles. The molecular formula is C66H48N2. The zero-order valence-electron chi connectivity index (χ0n) is 38.2. The topological polar surface area (TPSA) is 8.17 Å². The minimum absolute atomic E-state index is 0.268. The van der Waals surface area contributed by atoms with Gasteiger partial charge in [0.25, 0.3) is 0 Å². The molecule has 14 rings (SSSR count). The molecule has 3 aliphatic rings. The molecule has 322 valence electrons. The lowest BCUT2D eigenvalue weighted by molar-refractivity contribution is 0.660. The molecule has 2 nitrogen and oxygen atoms in total. The summed E-state index contributed by atoms with van der Waals surface area (Å²) in [6.07, 6.45) is 9.01. The van der Waals surface area contributed by atoms with E-state index in [1.54, 1.807) is 0 Å². The number of para-hydroxylation sites is 2.